The van der Waals surface area contributed by atoms with Gasteiger partial charge >= 0.3 is 6.18 Å². The van der Waals surface area contributed by atoms with E-state index in [1.165, 1.54) is 31.4 Å². The Morgan fingerprint density at radius 3 is 2.38 bits per heavy atom. The summed E-state index contributed by atoms with van der Waals surface area (Å²) in [5.74, 6) is -3.67. The van der Waals surface area contributed by atoms with Gasteiger partial charge < -0.3 is 15.4 Å². The van der Waals surface area contributed by atoms with Crippen LogP contribution in [0.2, 0.25) is 10.0 Å². The van der Waals surface area contributed by atoms with Gasteiger partial charge in [0.25, 0.3) is 5.91 Å². The molecule has 0 aliphatic heterocycles. The van der Waals surface area contributed by atoms with Crippen LogP contribution in [0.25, 0.3) is 0 Å². The van der Waals surface area contributed by atoms with Crippen LogP contribution in [0.15, 0.2) is 30.3 Å². The number of hydrogen-bond donors (Lipinski definition) is 2. The first-order valence-corrected chi connectivity index (χ1v) is 11.1. The second kappa shape index (κ2) is 9.97. The molecule has 2 aromatic carbocycles. The number of ketones is 1. The number of hydrogen-bond acceptors (Lipinski definition) is 4. The number of nitrogens with one attached hydrogen (secondary N) is 2. The lowest BCUT2D eigenvalue weighted by Gasteiger charge is -2.15. The third-order valence-corrected chi connectivity index (χ3v) is 6.62. The number of ether oxygens (including phenoxy) is 1. The molecule has 2 aromatic rings. The molecule has 1 aliphatic rings. The molecule has 0 heterocycles. The van der Waals surface area contributed by atoms with Crippen LogP contribution >= 0.6 is 46.4 Å². The fourth-order valence-corrected chi connectivity index (χ4v) is 4.85. The lowest BCUT2D eigenvalue weighted by Crippen LogP contribution is -2.34. The largest absolute Gasteiger partial charge is 0.494 e. The second-order valence-electron chi connectivity index (χ2n) is 7.46. The van der Waals surface area contributed by atoms with E-state index in [-0.39, 0.29) is 33.6 Å². The van der Waals surface area contributed by atoms with Crippen molar-refractivity contribution in [1.29, 1.82) is 0 Å². The van der Waals surface area contributed by atoms with E-state index in [9.17, 15) is 27.2 Å². The summed E-state index contributed by atoms with van der Waals surface area (Å²) in [4.78, 5) is 25.0. The number of amides is 1. The average molecular weight is 562 g/mol. The zero-order valence-electron chi connectivity index (χ0n) is 17.2. The molecule has 1 amide bonds. The molecule has 1 saturated carbocycles. The van der Waals surface area contributed by atoms with Crippen molar-refractivity contribution in [2.75, 3.05) is 25.5 Å². The van der Waals surface area contributed by atoms with Gasteiger partial charge in [0.15, 0.2) is 5.78 Å². The van der Waals surface area contributed by atoms with Crippen LogP contribution in [0.3, 0.4) is 0 Å². The molecule has 1 aliphatic carbocycles. The van der Waals surface area contributed by atoms with E-state index >= 15 is 0 Å². The van der Waals surface area contributed by atoms with Crippen LogP contribution in [0.4, 0.5) is 23.2 Å². The van der Waals surface area contributed by atoms with Crippen molar-refractivity contribution >= 4 is 63.8 Å². The number of methoxy groups -OCH3 is 1. The van der Waals surface area contributed by atoms with E-state index in [4.69, 9.17) is 51.1 Å². The van der Waals surface area contributed by atoms with Gasteiger partial charge in [-0.05, 0) is 29.8 Å². The van der Waals surface area contributed by atoms with Gasteiger partial charge in [0, 0.05) is 11.6 Å². The third-order valence-electron chi connectivity index (χ3n) is 5.11. The molecule has 2 N–H and O–H groups in total. The number of Topliss-reactive ketones (excluding diaryl/α,β-unsaturated/α-hetero) is 1. The summed E-state index contributed by atoms with van der Waals surface area (Å²) in [5, 5.41) is 4.29. The standard InChI is InChI=1S/C21H16Cl4F4N2O3/c1-34-18-11(19(33)31-8-20(27,28)29)5-10(6-13(18)23)30-7-15(32)17-16(21(17,24)25)9-2-3-14(26)12(22)4-9/h2-6,16-17,30H,7-8H2,1H3,(H,31,33). The zero-order valence-corrected chi connectivity index (χ0v) is 20.2. The normalized spacial score (nSPS) is 18.9. The highest BCUT2D eigenvalue weighted by atomic mass is 35.5. The Labute approximate surface area is 211 Å². The first-order chi connectivity index (χ1) is 15.8. The van der Waals surface area contributed by atoms with E-state index in [0.717, 1.165) is 6.07 Å². The number of anilines is 1. The molecule has 184 valence electrons. The van der Waals surface area contributed by atoms with Gasteiger partial charge in [-0.2, -0.15) is 13.2 Å². The molecular formula is C21H16Cl4F4N2O3. The summed E-state index contributed by atoms with van der Waals surface area (Å²) in [6, 6.07) is 6.46. The molecule has 0 spiro atoms. The molecule has 1 fully saturated rings. The Hall–Kier alpha value is -1.94. The van der Waals surface area contributed by atoms with E-state index in [0.29, 0.717) is 5.56 Å². The Kier molecular flexibility index (Phi) is 7.82. The number of alkyl halides is 5. The molecule has 2 atom stereocenters. The van der Waals surface area contributed by atoms with Crippen molar-refractivity contribution in [1.82, 2.24) is 5.32 Å². The summed E-state index contributed by atoms with van der Waals surface area (Å²) in [7, 11) is 1.20. The minimum absolute atomic E-state index is 0.0635. The smallest absolute Gasteiger partial charge is 0.405 e. The monoisotopic (exact) mass is 560 g/mol. The highest BCUT2D eigenvalue weighted by molar-refractivity contribution is 6.53. The first-order valence-electron chi connectivity index (χ1n) is 9.58. The average Bonchev–Trinajstić information content (AvgIpc) is 3.33. The maximum absolute atomic E-state index is 13.4. The van der Waals surface area contributed by atoms with Crippen molar-refractivity contribution < 1.29 is 31.9 Å². The molecule has 5 nitrogen and oxygen atoms in total. The quantitative estimate of drug-likeness (QED) is 0.306. The van der Waals surface area contributed by atoms with Crippen molar-refractivity contribution in [3.8, 4) is 5.75 Å². The van der Waals surface area contributed by atoms with Gasteiger partial charge in [0.1, 0.15) is 22.4 Å². The summed E-state index contributed by atoms with van der Waals surface area (Å²) in [6.45, 7) is -1.84. The Morgan fingerprint density at radius 1 is 1.12 bits per heavy atom. The maximum Gasteiger partial charge on any atom is 0.405 e. The van der Waals surface area contributed by atoms with Gasteiger partial charge in [0.2, 0.25) is 0 Å². The molecule has 0 radical (unpaired) electrons. The third kappa shape index (κ3) is 5.82. The SMILES string of the molecule is COc1c(Cl)cc(NCC(=O)C2C(c3ccc(F)c(Cl)c3)C2(Cl)Cl)cc1C(=O)NCC(F)(F)F. The Bertz CT molecular complexity index is 1130. The minimum atomic E-state index is -4.61. The molecule has 13 heteroatoms. The molecule has 0 aromatic heterocycles. The fourth-order valence-electron chi connectivity index (χ4n) is 3.49. The Morgan fingerprint density at radius 2 is 1.79 bits per heavy atom. The van der Waals surface area contributed by atoms with E-state index in [1.54, 1.807) is 5.32 Å². The van der Waals surface area contributed by atoms with Crippen LogP contribution in [0.1, 0.15) is 21.8 Å². The van der Waals surface area contributed by atoms with Crippen LogP contribution in [-0.4, -0.2) is 42.4 Å². The number of benzene rings is 2. The van der Waals surface area contributed by atoms with Gasteiger partial charge in [-0.1, -0.05) is 29.3 Å². The topological polar surface area (TPSA) is 67.4 Å². The van der Waals surface area contributed by atoms with E-state index < -0.39 is 46.4 Å². The molecule has 3 rings (SSSR count). The van der Waals surface area contributed by atoms with E-state index in [1.807, 2.05) is 0 Å². The zero-order chi connectivity index (χ0) is 25.4. The summed E-state index contributed by atoms with van der Waals surface area (Å²) in [6.07, 6.45) is -4.61. The lowest BCUT2D eigenvalue weighted by molar-refractivity contribution is -0.123. The molecule has 2 unspecified atom stereocenters. The van der Waals surface area contributed by atoms with Gasteiger partial charge in [-0.3, -0.25) is 9.59 Å². The van der Waals surface area contributed by atoms with Crippen LogP contribution < -0.4 is 15.4 Å². The number of halogens is 8. The van der Waals surface area contributed by atoms with Crippen molar-refractivity contribution in [2.24, 2.45) is 5.92 Å². The van der Waals surface area contributed by atoms with Crippen molar-refractivity contribution in [2.45, 2.75) is 16.4 Å². The summed E-state index contributed by atoms with van der Waals surface area (Å²) >= 11 is 24.5. The van der Waals surface area contributed by atoms with Crippen molar-refractivity contribution in [3.05, 3.63) is 57.3 Å². The minimum Gasteiger partial charge on any atom is -0.494 e. The molecular weight excluding hydrogens is 546 g/mol. The van der Waals surface area contributed by atoms with Crippen LogP contribution in [-0.2, 0) is 4.79 Å². The van der Waals surface area contributed by atoms with Gasteiger partial charge in [-0.25, -0.2) is 4.39 Å². The number of carbonyl (C=O) groups is 2. The summed E-state index contributed by atoms with van der Waals surface area (Å²) in [5.41, 5.74) is 0.405. The number of carbonyl (C=O) groups excluding carboxylic acids is 2. The molecule has 34 heavy (non-hydrogen) atoms. The predicted molar refractivity (Wildman–Crippen MR) is 122 cm³/mol. The lowest BCUT2D eigenvalue weighted by atomic mass is 10.1. The van der Waals surface area contributed by atoms with Gasteiger partial charge in [0.05, 0.1) is 35.2 Å². The maximum atomic E-state index is 13.4. The van der Waals surface area contributed by atoms with Gasteiger partial charge in [-0.15, -0.1) is 23.2 Å². The first kappa shape index (κ1) is 26.7. The fraction of sp³-hybridized carbons (Fsp3) is 0.333. The number of rotatable bonds is 8. The molecule has 0 bridgehead atoms. The second-order valence-corrected chi connectivity index (χ2v) is 9.72. The predicted octanol–water partition coefficient (Wildman–Crippen LogP) is 6.00. The van der Waals surface area contributed by atoms with Crippen LogP contribution in [0.5, 0.6) is 5.75 Å². The van der Waals surface area contributed by atoms with E-state index in [2.05, 4.69) is 5.32 Å². The van der Waals surface area contributed by atoms with Crippen LogP contribution in [0, 0.1) is 11.7 Å². The molecule has 0 saturated heterocycles. The summed E-state index contributed by atoms with van der Waals surface area (Å²) < 4.78 is 54.4. The highest BCUT2D eigenvalue weighted by Crippen LogP contribution is 2.65. The Balaban J connectivity index is 1.73. The highest BCUT2D eigenvalue weighted by Gasteiger charge is 2.67. The van der Waals surface area contributed by atoms with Crippen molar-refractivity contribution in [3.63, 3.8) is 0 Å².